The zero-order valence-corrected chi connectivity index (χ0v) is 13.0. The van der Waals surface area contributed by atoms with Crippen LogP contribution in [0.1, 0.15) is 41.3 Å². The summed E-state index contributed by atoms with van der Waals surface area (Å²) in [6.07, 6.45) is 0.538. The molecule has 0 bridgehead atoms. The average Bonchev–Trinajstić information content (AvgIpc) is 2.37. The molecule has 7 heteroatoms. The van der Waals surface area contributed by atoms with E-state index in [1.807, 2.05) is 6.07 Å². The Morgan fingerprint density at radius 2 is 2.00 bits per heavy atom. The van der Waals surface area contributed by atoms with Crippen LogP contribution in [0.5, 0.6) is 0 Å². The Morgan fingerprint density at radius 1 is 1.38 bits per heavy atom. The lowest BCUT2D eigenvalue weighted by molar-refractivity contribution is 0.0696. The topological polar surface area (TPSA) is 107 Å². The molecule has 0 fully saturated rings. The van der Waals surface area contributed by atoms with Crippen LogP contribution in [-0.4, -0.2) is 25.5 Å². The molecule has 6 nitrogen and oxygen atoms in total. The van der Waals surface area contributed by atoms with Crippen molar-refractivity contribution in [3.63, 3.8) is 0 Å². The van der Waals surface area contributed by atoms with Gasteiger partial charge in [-0.05, 0) is 37.5 Å². The predicted octanol–water partition coefficient (Wildman–Crippen LogP) is 1.97. The van der Waals surface area contributed by atoms with Gasteiger partial charge in [0, 0.05) is 6.04 Å². The molecule has 0 radical (unpaired) electrons. The van der Waals surface area contributed by atoms with Crippen LogP contribution in [-0.2, 0) is 10.0 Å². The number of nitrogens with one attached hydrogen (secondary N) is 1. The van der Waals surface area contributed by atoms with Crippen LogP contribution in [0.2, 0.25) is 0 Å². The van der Waals surface area contributed by atoms with Crippen molar-refractivity contribution in [3.05, 3.63) is 28.8 Å². The third-order valence-corrected chi connectivity index (χ3v) is 4.86. The number of sulfonamides is 1. The van der Waals surface area contributed by atoms with E-state index in [0.29, 0.717) is 17.5 Å². The minimum Gasteiger partial charge on any atom is -0.478 e. The molecule has 0 spiro atoms. The standard InChI is InChI=1S/C14H18N2O4S/c1-4-11(5-6-15)16-21(19,20)13-8-12(14(17)18)9(2)7-10(13)3/h7-8,11,16H,4-5H2,1-3H3,(H,17,18). The quantitative estimate of drug-likeness (QED) is 0.835. The van der Waals surface area contributed by atoms with Crippen molar-refractivity contribution in [1.82, 2.24) is 4.72 Å². The summed E-state index contributed by atoms with van der Waals surface area (Å²) in [6.45, 7) is 5.00. The molecule has 0 aliphatic heterocycles. The molecule has 2 N–H and O–H groups in total. The van der Waals surface area contributed by atoms with E-state index in [1.165, 1.54) is 6.07 Å². The van der Waals surface area contributed by atoms with E-state index >= 15 is 0 Å². The number of carboxylic acids is 1. The van der Waals surface area contributed by atoms with Crippen molar-refractivity contribution < 1.29 is 18.3 Å². The lowest BCUT2D eigenvalue weighted by Crippen LogP contribution is -2.34. The maximum absolute atomic E-state index is 12.4. The molecule has 0 aliphatic rings. The van der Waals surface area contributed by atoms with Crippen molar-refractivity contribution in [2.75, 3.05) is 0 Å². The maximum Gasteiger partial charge on any atom is 0.335 e. The normalized spacial score (nSPS) is 12.7. The third kappa shape index (κ3) is 4.03. The minimum absolute atomic E-state index is 0.0469. The SMILES string of the molecule is CCC(CC#N)NS(=O)(=O)c1cc(C(=O)O)c(C)cc1C. The molecule has 0 amide bonds. The lowest BCUT2D eigenvalue weighted by Gasteiger charge is -2.16. The molecule has 0 aromatic heterocycles. The fourth-order valence-corrected chi connectivity index (χ4v) is 3.59. The highest BCUT2D eigenvalue weighted by molar-refractivity contribution is 7.89. The Labute approximate surface area is 124 Å². The van der Waals surface area contributed by atoms with Crippen LogP contribution in [0.3, 0.4) is 0 Å². The molecule has 21 heavy (non-hydrogen) atoms. The van der Waals surface area contributed by atoms with E-state index in [1.54, 1.807) is 20.8 Å². The molecule has 1 unspecified atom stereocenters. The summed E-state index contributed by atoms with van der Waals surface area (Å²) < 4.78 is 27.2. The second kappa shape index (κ2) is 6.70. The molecular weight excluding hydrogens is 292 g/mol. The molecule has 1 aromatic rings. The number of carboxylic acid groups (broad SMARTS) is 1. The summed E-state index contributed by atoms with van der Waals surface area (Å²) in [5, 5.41) is 17.8. The number of aromatic carboxylic acids is 1. The van der Waals surface area contributed by atoms with Gasteiger partial charge in [-0.3, -0.25) is 0 Å². The van der Waals surface area contributed by atoms with Gasteiger partial charge in [0.15, 0.2) is 0 Å². The van der Waals surface area contributed by atoms with Gasteiger partial charge in [0.25, 0.3) is 0 Å². The van der Waals surface area contributed by atoms with Crippen LogP contribution in [0.25, 0.3) is 0 Å². The number of rotatable bonds is 6. The van der Waals surface area contributed by atoms with Crippen LogP contribution in [0.15, 0.2) is 17.0 Å². The number of benzene rings is 1. The number of hydrogen-bond acceptors (Lipinski definition) is 4. The molecule has 1 rings (SSSR count). The fourth-order valence-electron chi connectivity index (χ4n) is 2.01. The van der Waals surface area contributed by atoms with E-state index in [9.17, 15) is 13.2 Å². The van der Waals surface area contributed by atoms with E-state index in [0.717, 1.165) is 6.07 Å². The van der Waals surface area contributed by atoms with Gasteiger partial charge in [-0.1, -0.05) is 13.0 Å². The van der Waals surface area contributed by atoms with Gasteiger partial charge in [0.05, 0.1) is 22.9 Å². The zero-order valence-electron chi connectivity index (χ0n) is 12.2. The van der Waals surface area contributed by atoms with E-state index in [2.05, 4.69) is 4.72 Å². The van der Waals surface area contributed by atoms with Crippen molar-refractivity contribution in [1.29, 1.82) is 5.26 Å². The summed E-state index contributed by atoms with van der Waals surface area (Å²) in [5.41, 5.74) is 0.925. The number of nitrogens with zero attached hydrogens (tertiary/aromatic N) is 1. The Bertz CT molecular complexity index is 690. The highest BCUT2D eigenvalue weighted by Gasteiger charge is 2.23. The van der Waals surface area contributed by atoms with Crippen molar-refractivity contribution >= 4 is 16.0 Å². The molecule has 114 valence electrons. The number of hydrogen-bond donors (Lipinski definition) is 2. The second-order valence-electron chi connectivity index (χ2n) is 4.83. The number of nitriles is 1. The highest BCUT2D eigenvalue weighted by Crippen LogP contribution is 2.21. The summed E-state index contributed by atoms with van der Waals surface area (Å²) in [7, 11) is -3.86. The highest BCUT2D eigenvalue weighted by atomic mass is 32.2. The molecular formula is C14H18N2O4S. The molecule has 0 saturated carbocycles. The largest absolute Gasteiger partial charge is 0.478 e. The summed E-state index contributed by atoms with van der Waals surface area (Å²) in [5.74, 6) is -1.17. The van der Waals surface area contributed by atoms with Crippen molar-refractivity contribution in [2.45, 2.75) is 44.6 Å². The first-order valence-electron chi connectivity index (χ1n) is 6.46. The smallest absolute Gasteiger partial charge is 0.335 e. The Balaban J connectivity index is 3.29. The van der Waals surface area contributed by atoms with E-state index in [-0.39, 0.29) is 16.9 Å². The van der Waals surface area contributed by atoms with Crippen LogP contribution < -0.4 is 4.72 Å². The van der Waals surface area contributed by atoms with Crippen molar-refractivity contribution in [3.8, 4) is 6.07 Å². The van der Waals surface area contributed by atoms with Crippen LogP contribution in [0.4, 0.5) is 0 Å². The lowest BCUT2D eigenvalue weighted by atomic mass is 10.1. The third-order valence-electron chi connectivity index (χ3n) is 3.19. The molecule has 0 aliphatic carbocycles. The Hall–Kier alpha value is -1.91. The Morgan fingerprint density at radius 3 is 2.48 bits per heavy atom. The maximum atomic E-state index is 12.4. The first-order chi connectivity index (χ1) is 9.72. The monoisotopic (exact) mass is 310 g/mol. The van der Waals surface area contributed by atoms with Crippen LogP contribution >= 0.6 is 0 Å². The van der Waals surface area contributed by atoms with Crippen molar-refractivity contribution in [2.24, 2.45) is 0 Å². The minimum atomic E-state index is -3.86. The molecule has 0 saturated heterocycles. The van der Waals surface area contributed by atoms with Gasteiger partial charge < -0.3 is 5.11 Å². The summed E-state index contributed by atoms with van der Waals surface area (Å²) >= 11 is 0. The predicted molar refractivity (Wildman–Crippen MR) is 77.5 cm³/mol. The van der Waals surface area contributed by atoms with Crippen LogP contribution in [0, 0.1) is 25.2 Å². The summed E-state index contributed by atoms with van der Waals surface area (Å²) in [6, 6.07) is 4.13. The van der Waals surface area contributed by atoms with Gasteiger partial charge in [0.2, 0.25) is 10.0 Å². The van der Waals surface area contributed by atoms with E-state index in [4.69, 9.17) is 10.4 Å². The average molecular weight is 310 g/mol. The van der Waals surface area contributed by atoms with Gasteiger partial charge >= 0.3 is 5.97 Å². The van der Waals surface area contributed by atoms with Gasteiger partial charge in [0.1, 0.15) is 0 Å². The molecule has 1 aromatic carbocycles. The fraction of sp³-hybridized carbons (Fsp3) is 0.429. The Kier molecular flexibility index (Phi) is 5.47. The molecule has 1 atom stereocenters. The van der Waals surface area contributed by atoms with E-state index < -0.39 is 22.0 Å². The summed E-state index contributed by atoms with van der Waals surface area (Å²) in [4.78, 5) is 11.1. The second-order valence-corrected chi connectivity index (χ2v) is 6.51. The number of carbonyl (C=O) groups is 1. The van der Waals surface area contributed by atoms with Gasteiger partial charge in [-0.15, -0.1) is 0 Å². The zero-order chi connectivity index (χ0) is 16.2. The first-order valence-corrected chi connectivity index (χ1v) is 7.95. The molecule has 0 heterocycles. The van der Waals surface area contributed by atoms with Gasteiger partial charge in [-0.25, -0.2) is 17.9 Å². The first kappa shape index (κ1) is 17.1. The van der Waals surface area contributed by atoms with Gasteiger partial charge in [-0.2, -0.15) is 5.26 Å². The number of aryl methyl sites for hydroxylation is 2.